The van der Waals surface area contributed by atoms with Crippen LogP contribution in [0.25, 0.3) is 33.6 Å². The van der Waals surface area contributed by atoms with Crippen molar-refractivity contribution >= 4 is 40.5 Å². The Morgan fingerprint density at radius 1 is 0.975 bits per heavy atom. The molecule has 0 spiro atoms. The number of rotatable bonds is 7. The number of ether oxygens (including phenoxy) is 1. The number of nitrogens with zero attached hydrogens (tertiary/aromatic N) is 2. The number of hydrogen-bond acceptors (Lipinski definition) is 6. The molecule has 0 bridgehead atoms. The zero-order valence-corrected chi connectivity index (χ0v) is 22.2. The van der Waals surface area contributed by atoms with Gasteiger partial charge in [0.2, 0.25) is 5.71 Å². The summed E-state index contributed by atoms with van der Waals surface area (Å²) in [4.78, 5) is 24.6. The van der Waals surface area contributed by atoms with Crippen LogP contribution in [-0.2, 0) is 14.9 Å². The van der Waals surface area contributed by atoms with Gasteiger partial charge in [-0.3, -0.25) is 10.1 Å². The molecular formula is C31H24ClN3O5. The highest BCUT2D eigenvalue weighted by molar-refractivity contribution is 6.31. The maximum absolute atomic E-state index is 12.9. The lowest BCUT2D eigenvalue weighted by atomic mass is 9.93. The smallest absolute Gasteiger partial charge is 0.412 e. The largest absolute Gasteiger partial charge is 0.481 e. The van der Waals surface area contributed by atoms with Crippen LogP contribution in [0.3, 0.4) is 0 Å². The first-order valence-electron chi connectivity index (χ1n) is 12.8. The molecule has 3 aromatic carbocycles. The number of amides is 1. The molecule has 2 aromatic heterocycles. The van der Waals surface area contributed by atoms with E-state index in [1.807, 2.05) is 60.7 Å². The van der Waals surface area contributed by atoms with E-state index in [1.54, 1.807) is 25.1 Å². The van der Waals surface area contributed by atoms with Crippen LogP contribution in [0, 0.1) is 0 Å². The molecule has 1 aliphatic rings. The Morgan fingerprint density at radius 3 is 2.27 bits per heavy atom. The second-order valence-corrected chi connectivity index (χ2v) is 10.2. The quantitative estimate of drug-likeness (QED) is 0.213. The number of anilines is 1. The molecule has 1 unspecified atom stereocenters. The van der Waals surface area contributed by atoms with E-state index in [1.165, 1.54) is 6.20 Å². The molecule has 6 rings (SSSR count). The van der Waals surface area contributed by atoms with Gasteiger partial charge in [0.1, 0.15) is 11.8 Å². The van der Waals surface area contributed by atoms with Gasteiger partial charge in [-0.05, 0) is 48.6 Å². The maximum atomic E-state index is 12.9. The molecule has 5 aromatic rings. The van der Waals surface area contributed by atoms with Crippen molar-refractivity contribution in [3.8, 4) is 22.5 Å². The molecule has 1 aliphatic carbocycles. The van der Waals surface area contributed by atoms with Crippen LogP contribution in [0.4, 0.5) is 10.5 Å². The van der Waals surface area contributed by atoms with Gasteiger partial charge in [-0.25, -0.2) is 4.79 Å². The molecule has 40 heavy (non-hydrogen) atoms. The molecule has 200 valence electrons. The van der Waals surface area contributed by atoms with Crippen molar-refractivity contribution < 1.29 is 23.8 Å². The predicted molar refractivity (Wildman–Crippen MR) is 151 cm³/mol. The maximum Gasteiger partial charge on any atom is 0.412 e. The number of carboxylic acid groups (broad SMARTS) is 1. The van der Waals surface area contributed by atoms with Crippen LogP contribution in [-0.4, -0.2) is 27.4 Å². The second kappa shape index (κ2) is 10.1. The van der Waals surface area contributed by atoms with Crippen molar-refractivity contribution in [3.05, 3.63) is 101 Å². The number of nitrogens with one attached hydrogen (secondary N) is 1. The minimum atomic E-state index is -0.772. The van der Waals surface area contributed by atoms with Crippen LogP contribution in [0.5, 0.6) is 0 Å². The summed E-state index contributed by atoms with van der Waals surface area (Å²) in [7, 11) is 0. The average molecular weight is 554 g/mol. The van der Waals surface area contributed by atoms with Crippen molar-refractivity contribution in [2.24, 2.45) is 0 Å². The molecule has 2 N–H and O–H groups in total. The molecule has 8 nitrogen and oxygen atoms in total. The number of furan rings is 1. The standard InChI is InChI=1S/C31H24ClN3O5/c1-18(23-4-2-3-5-25(23)32)39-30(38)34-26-24-14-17-33-35-28(24)40-27(26)21-8-6-19(7-9-21)20-10-12-22(13-11-20)31(15-16-31)29(36)37/h2-14,17-18H,15-16H2,1H3,(H,34,38)(H,36,37). The second-order valence-electron chi connectivity index (χ2n) is 9.79. The van der Waals surface area contributed by atoms with E-state index in [4.69, 9.17) is 20.8 Å². The fourth-order valence-corrected chi connectivity index (χ4v) is 5.18. The lowest BCUT2D eigenvalue weighted by molar-refractivity contribution is -0.140. The normalized spacial score (nSPS) is 14.4. The van der Waals surface area contributed by atoms with E-state index in [0.29, 0.717) is 40.3 Å². The number of aliphatic carboxylic acids is 1. The lowest BCUT2D eigenvalue weighted by Gasteiger charge is -2.15. The fraction of sp³-hybridized carbons (Fsp3) is 0.161. The molecule has 1 amide bonds. The van der Waals surface area contributed by atoms with E-state index < -0.39 is 23.6 Å². The highest BCUT2D eigenvalue weighted by Gasteiger charge is 2.51. The molecular weight excluding hydrogens is 530 g/mol. The summed E-state index contributed by atoms with van der Waals surface area (Å²) < 4.78 is 11.6. The number of carboxylic acids is 1. The van der Waals surface area contributed by atoms with Gasteiger partial charge < -0.3 is 14.3 Å². The van der Waals surface area contributed by atoms with Crippen LogP contribution in [0.15, 0.2) is 89.5 Å². The van der Waals surface area contributed by atoms with Gasteiger partial charge in [0.05, 0.1) is 17.0 Å². The zero-order valence-electron chi connectivity index (χ0n) is 21.4. The Kier molecular flexibility index (Phi) is 6.48. The lowest BCUT2D eigenvalue weighted by Crippen LogP contribution is -2.19. The first-order valence-corrected chi connectivity index (χ1v) is 13.1. The number of fused-ring (bicyclic) bond motifs is 1. The van der Waals surface area contributed by atoms with Gasteiger partial charge >= 0.3 is 12.1 Å². The van der Waals surface area contributed by atoms with Crippen LogP contribution >= 0.6 is 11.6 Å². The van der Waals surface area contributed by atoms with Gasteiger partial charge in [-0.2, -0.15) is 5.10 Å². The molecule has 0 aliphatic heterocycles. The molecule has 1 atom stereocenters. The minimum Gasteiger partial charge on any atom is -0.481 e. The third-order valence-electron chi connectivity index (χ3n) is 7.31. The van der Waals surface area contributed by atoms with Gasteiger partial charge in [0.15, 0.2) is 5.76 Å². The average Bonchev–Trinajstić information content (AvgIpc) is 3.71. The Balaban J connectivity index is 1.25. The summed E-state index contributed by atoms with van der Waals surface area (Å²) in [6.45, 7) is 1.75. The highest BCUT2D eigenvalue weighted by atomic mass is 35.5. The van der Waals surface area contributed by atoms with Crippen molar-refractivity contribution in [3.63, 3.8) is 0 Å². The molecule has 1 fully saturated rings. The minimum absolute atomic E-state index is 0.277. The van der Waals surface area contributed by atoms with E-state index in [0.717, 1.165) is 22.3 Å². The van der Waals surface area contributed by atoms with Gasteiger partial charge in [-0.1, -0.05) is 78.3 Å². The monoisotopic (exact) mass is 553 g/mol. The Hall–Kier alpha value is -4.69. The highest BCUT2D eigenvalue weighted by Crippen LogP contribution is 2.48. The van der Waals surface area contributed by atoms with Gasteiger partial charge in [-0.15, -0.1) is 5.10 Å². The summed E-state index contributed by atoms with van der Waals surface area (Å²) in [6.07, 6.45) is 1.61. The summed E-state index contributed by atoms with van der Waals surface area (Å²) in [5.41, 5.74) is 4.12. The number of aromatic nitrogens is 2. The van der Waals surface area contributed by atoms with Gasteiger partial charge in [0.25, 0.3) is 0 Å². The third-order valence-corrected chi connectivity index (χ3v) is 7.66. The predicted octanol–water partition coefficient (Wildman–Crippen LogP) is 7.64. The Morgan fingerprint density at radius 2 is 1.62 bits per heavy atom. The van der Waals surface area contributed by atoms with Crippen molar-refractivity contribution in [2.75, 3.05) is 5.32 Å². The number of hydrogen-bond donors (Lipinski definition) is 2. The van der Waals surface area contributed by atoms with E-state index >= 15 is 0 Å². The van der Waals surface area contributed by atoms with E-state index in [2.05, 4.69) is 15.5 Å². The third kappa shape index (κ3) is 4.67. The SMILES string of the molecule is CC(OC(=O)Nc1c(-c2ccc(-c3ccc(C4(C(=O)O)CC4)cc3)cc2)oc2nnccc12)c1ccccc1Cl. The molecule has 2 heterocycles. The number of benzene rings is 3. The van der Waals surface area contributed by atoms with Crippen molar-refractivity contribution in [1.82, 2.24) is 10.2 Å². The van der Waals surface area contributed by atoms with Crippen LogP contribution < -0.4 is 5.32 Å². The van der Waals surface area contributed by atoms with Crippen molar-refractivity contribution in [1.29, 1.82) is 0 Å². The summed E-state index contributed by atoms with van der Waals surface area (Å²) in [6, 6.07) is 24.2. The first-order chi connectivity index (χ1) is 19.4. The summed E-state index contributed by atoms with van der Waals surface area (Å²) >= 11 is 6.26. The van der Waals surface area contributed by atoms with E-state index in [-0.39, 0.29) is 5.71 Å². The Labute approximate surface area is 234 Å². The number of halogens is 1. The zero-order chi connectivity index (χ0) is 27.9. The first kappa shape index (κ1) is 25.6. The van der Waals surface area contributed by atoms with E-state index in [9.17, 15) is 14.7 Å². The fourth-order valence-electron chi connectivity index (χ4n) is 4.89. The van der Waals surface area contributed by atoms with Crippen molar-refractivity contribution in [2.45, 2.75) is 31.3 Å². The molecule has 9 heteroatoms. The van der Waals surface area contributed by atoms with Gasteiger partial charge in [0, 0.05) is 16.1 Å². The number of carbonyl (C=O) groups is 2. The molecule has 1 saturated carbocycles. The topological polar surface area (TPSA) is 115 Å². The Bertz CT molecular complexity index is 1730. The number of carbonyl (C=O) groups excluding carboxylic acids is 1. The summed E-state index contributed by atoms with van der Waals surface area (Å²) in [5.74, 6) is -0.358. The summed E-state index contributed by atoms with van der Waals surface area (Å²) in [5, 5.41) is 21.4. The molecule has 0 saturated heterocycles. The van der Waals surface area contributed by atoms with Crippen LogP contribution in [0.1, 0.15) is 37.0 Å². The van der Waals surface area contributed by atoms with Crippen LogP contribution in [0.2, 0.25) is 5.02 Å². The molecule has 0 radical (unpaired) electrons.